The van der Waals surface area contributed by atoms with E-state index in [0.29, 0.717) is 18.3 Å². The quantitative estimate of drug-likeness (QED) is 0.731. The molecule has 0 aliphatic carbocycles. The molecule has 1 unspecified atom stereocenters. The molecule has 0 bridgehead atoms. The summed E-state index contributed by atoms with van der Waals surface area (Å²) in [6, 6.07) is 14.9. The second-order valence-electron chi connectivity index (χ2n) is 6.12. The van der Waals surface area contributed by atoms with Crippen LogP contribution in [0.25, 0.3) is 11.4 Å². The molecule has 1 aliphatic rings. The van der Waals surface area contributed by atoms with Gasteiger partial charge in [-0.1, -0.05) is 41.6 Å². The van der Waals surface area contributed by atoms with Crippen LogP contribution in [-0.2, 0) is 13.0 Å². The molecule has 1 atom stereocenters. The fraction of sp³-hybridized carbons (Fsp3) is 0.263. The molecule has 4 rings (SSSR count). The Morgan fingerprint density at radius 2 is 2.04 bits per heavy atom. The topological polar surface area (TPSA) is 42.2 Å². The highest BCUT2D eigenvalue weighted by Crippen LogP contribution is 2.31. The number of hydrogen-bond acceptors (Lipinski definition) is 4. The number of fused-ring (bicyclic) bond motifs is 1. The van der Waals surface area contributed by atoms with Gasteiger partial charge in [0.2, 0.25) is 11.7 Å². The van der Waals surface area contributed by atoms with E-state index in [1.54, 1.807) is 6.07 Å². The zero-order chi connectivity index (χ0) is 16.5. The van der Waals surface area contributed by atoms with Crippen molar-refractivity contribution in [2.24, 2.45) is 0 Å². The van der Waals surface area contributed by atoms with E-state index in [0.717, 1.165) is 24.1 Å². The average Bonchev–Trinajstić information content (AvgIpc) is 3.07. The molecule has 0 amide bonds. The highest BCUT2D eigenvalue weighted by molar-refractivity contribution is 5.53. The van der Waals surface area contributed by atoms with Gasteiger partial charge in [-0.2, -0.15) is 4.98 Å². The molecule has 4 nitrogen and oxygen atoms in total. The number of aromatic nitrogens is 2. The normalized spacial score (nSPS) is 17.7. The van der Waals surface area contributed by atoms with Crippen LogP contribution in [0.5, 0.6) is 0 Å². The highest BCUT2D eigenvalue weighted by Gasteiger charge is 2.25. The Hall–Kier alpha value is -2.53. The first kappa shape index (κ1) is 15.0. The van der Waals surface area contributed by atoms with Gasteiger partial charge < -0.3 is 4.52 Å². The maximum atomic E-state index is 13.6. The zero-order valence-corrected chi connectivity index (χ0v) is 13.4. The minimum atomic E-state index is -0.188. The minimum Gasteiger partial charge on any atom is -0.338 e. The first-order chi connectivity index (χ1) is 11.7. The second-order valence-corrected chi connectivity index (χ2v) is 6.12. The zero-order valence-electron chi connectivity index (χ0n) is 13.4. The minimum absolute atomic E-state index is 0.122. The molecule has 2 heterocycles. The van der Waals surface area contributed by atoms with Gasteiger partial charge in [-0.3, -0.25) is 4.90 Å². The van der Waals surface area contributed by atoms with E-state index in [1.807, 2.05) is 36.4 Å². The molecule has 1 aliphatic heterocycles. The van der Waals surface area contributed by atoms with E-state index in [4.69, 9.17) is 4.52 Å². The molecule has 1 aromatic heterocycles. The van der Waals surface area contributed by atoms with Crippen molar-refractivity contribution in [3.8, 4) is 11.4 Å². The van der Waals surface area contributed by atoms with Crippen molar-refractivity contribution < 1.29 is 8.91 Å². The number of benzene rings is 2. The van der Waals surface area contributed by atoms with Gasteiger partial charge in [0.25, 0.3) is 0 Å². The number of halogens is 1. The maximum absolute atomic E-state index is 13.6. The van der Waals surface area contributed by atoms with Gasteiger partial charge in [0.1, 0.15) is 5.82 Å². The van der Waals surface area contributed by atoms with Crippen LogP contribution in [0, 0.1) is 5.82 Å². The van der Waals surface area contributed by atoms with Crippen LogP contribution in [0.1, 0.15) is 30.0 Å². The summed E-state index contributed by atoms with van der Waals surface area (Å²) in [6.45, 7) is 3.55. The average molecular weight is 323 g/mol. The largest absolute Gasteiger partial charge is 0.338 e. The summed E-state index contributed by atoms with van der Waals surface area (Å²) < 4.78 is 19.0. The van der Waals surface area contributed by atoms with Crippen LogP contribution in [0.2, 0.25) is 0 Å². The van der Waals surface area contributed by atoms with Gasteiger partial charge in [0, 0.05) is 18.2 Å². The van der Waals surface area contributed by atoms with E-state index in [1.165, 1.54) is 11.6 Å². The summed E-state index contributed by atoms with van der Waals surface area (Å²) in [5.74, 6) is 0.994. The number of rotatable bonds is 3. The number of hydrogen-bond donors (Lipinski definition) is 0. The Morgan fingerprint density at radius 3 is 2.88 bits per heavy atom. The number of nitrogens with zero attached hydrogens (tertiary/aromatic N) is 3. The molecule has 5 heteroatoms. The van der Waals surface area contributed by atoms with Gasteiger partial charge >= 0.3 is 0 Å². The smallest absolute Gasteiger partial charge is 0.241 e. The third-order valence-electron chi connectivity index (χ3n) is 4.61. The highest BCUT2D eigenvalue weighted by atomic mass is 19.1. The third-order valence-corrected chi connectivity index (χ3v) is 4.61. The van der Waals surface area contributed by atoms with E-state index >= 15 is 0 Å². The van der Waals surface area contributed by atoms with Crippen LogP contribution >= 0.6 is 0 Å². The van der Waals surface area contributed by atoms with Crippen molar-refractivity contribution in [1.82, 2.24) is 15.0 Å². The Labute approximate surface area is 139 Å². The molecule has 2 aromatic carbocycles. The predicted molar refractivity (Wildman–Crippen MR) is 88.7 cm³/mol. The summed E-state index contributed by atoms with van der Waals surface area (Å²) in [7, 11) is 0. The van der Waals surface area contributed by atoms with Crippen LogP contribution < -0.4 is 0 Å². The fourth-order valence-electron chi connectivity index (χ4n) is 3.25. The lowest BCUT2D eigenvalue weighted by molar-refractivity contribution is 0.165. The van der Waals surface area contributed by atoms with Crippen molar-refractivity contribution in [1.29, 1.82) is 0 Å². The first-order valence-electron chi connectivity index (χ1n) is 8.11. The van der Waals surface area contributed by atoms with E-state index < -0.39 is 0 Å². The van der Waals surface area contributed by atoms with Gasteiger partial charge in [0.15, 0.2) is 0 Å². The van der Waals surface area contributed by atoms with Crippen molar-refractivity contribution in [3.05, 3.63) is 71.4 Å². The Kier molecular flexibility index (Phi) is 3.86. The molecule has 3 aromatic rings. The second kappa shape index (κ2) is 6.17. The van der Waals surface area contributed by atoms with Crippen LogP contribution in [0.15, 0.2) is 53.1 Å². The molecule has 0 saturated carbocycles. The SMILES string of the molecule is CC1c2cc(F)ccc2CCN1Cc1nc(-c2ccccc2)no1. The molecule has 0 spiro atoms. The third kappa shape index (κ3) is 2.83. The van der Waals surface area contributed by atoms with E-state index in [-0.39, 0.29) is 11.9 Å². The Morgan fingerprint density at radius 1 is 1.21 bits per heavy atom. The lowest BCUT2D eigenvalue weighted by Crippen LogP contribution is -2.33. The van der Waals surface area contributed by atoms with Crippen LogP contribution in [0.4, 0.5) is 4.39 Å². The van der Waals surface area contributed by atoms with Gasteiger partial charge in [-0.15, -0.1) is 0 Å². The summed E-state index contributed by atoms with van der Waals surface area (Å²) >= 11 is 0. The molecular formula is C19H18FN3O. The molecule has 0 radical (unpaired) electrons. The summed E-state index contributed by atoms with van der Waals surface area (Å²) in [6.07, 6.45) is 0.902. The lowest BCUT2D eigenvalue weighted by Gasteiger charge is -2.34. The molecule has 0 saturated heterocycles. The maximum Gasteiger partial charge on any atom is 0.241 e. The first-order valence-corrected chi connectivity index (χ1v) is 8.11. The molecule has 0 N–H and O–H groups in total. The van der Waals surface area contributed by atoms with Gasteiger partial charge in [-0.25, -0.2) is 4.39 Å². The monoisotopic (exact) mass is 323 g/mol. The van der Waals surface area contributed by atoms with Crippen molar-refractivity contribution in [3.63, 3.8) is 0 Å². The summed E-state index contributed by atoms with van der Waals surface area (Å²) in [5.41, 5.74) is 3.20. The van der Waals surface area contributed by atoms with Crippen molar-refractivity contribution in [2.75, 3.05) is 6.54 Å². The molecular weight excluding hydrogens is 305 g/mol. The van der Waals surface area contributed by atoms with Gasteiger partial charge in [-0.05, 0) is 36.6 Å². The van der Waals surface area contributed by atoms with Crippen molar-refractivity contribution >= 4 is 0 Å². The van der Waals surface area contributed by atoms with E-state index in [9.17, 15) is 4.39 Å². The van der Waals surface area contributed by atoms with E-state index in [2.05, 4.69) is 22.0 Å². The summed E-state index contributed by atoms with van der Waals surface area (Å²) in [5, 5.41) is 4.06. The molecule has 24 heavy (non-hydrogen) atoms. The Balaban J connectivity index is 1.53. The van der Waals surface area contributed by atoms with Crippen LogP contribution in [-0.4, -0.2) is 21.6 Å². The lowest BCUT2D eigenvalue weighted by atomic mass is 9.93. The Bertz CT molecular complexity index is 847. The van der Waals surface area contributed by atoms with Gasteiger partial charge in [0.05, 0.1) is 6.54 Å². The molecule has 122 valence electrons. The molecule has 0 fully saturated rings. The standard InChI is InChI=1S/C19H18FN3O/c1-13-17-11-16(20)8-7-14(17)9-10-23(13)12-18-21-19(22-24-18)15-5-3-2-4-6-15/h2-8,11,13H,9-10,12H2,1H3. The predicted octanol–water partition coefficient (Wildman–Crippen LogP) is 4.00. The van der Waals surface area contributed by atoms with Crippen LogP contribution in [0.3, 0.4) is 0 Å². The summed E-state index contributed by atoms with van der Waals surface area (Å²) in [4.78, 5) is 6.73. The van der Waals surface area contributed by atoms with Crippen molar-refractivity contribution in [2.45, 2.75) is 25.9 Å². The fourth-order valence-corrected chi connectivity index (χ4v) is 3.25.